The summed E-state index contributed by atoms with van der Waals surface area (Å²) in [7, 11) is 0. The van der Waals surface area contributed by atoms with Gasteiger partial charge in [0.05, 0.1) is 11.6 Å². The number of nitriles is 1. The summed E-state index contributed by atoms with van der Waals surface area (Å²) < 4.78 is 0. The third-order valence-electron chi connectivity index (χ3n) is 1.77. The van der Waals surface area contributed by atoms with Crippen molar-refractivity contribution < 1.29 is 4.79 Å². The summed E-state index contributed by atoms with van der Waals surface area (Å²) in [6.07, 6.45) is 4.28. The first-order chi connectivity index (χ1) is 5.81. The fraction of sp³-hybridized carbons (Fsp3) is 0.125. The summed E-state index contributed by atoms with van der Waals surface area (Å²) in [6, 6.07) is 1.96. The Hall–Kier alpha value is -1.89. The molecule has 2 heterocycles. The molecule has 1 unspecified atom stereocenters. The zero-order chi connectivity index (χ0) is 8.55. The summed E-state index contributed by atoms with van der Waals surface area (Å²) in [4.78, 5) is 14.9. The van der Waals surface area contributed by atoms with Gasteiger partial charge in [0.15, 0.2) is 0 Å². The van der Waals surface area contributed by atoms with Gasteiger partial charge in [-0.05, 0) is 6.08 Å². The molecular formula is C8H5N3O. The minimum Gasteiger partial charge on any atom is -0.327 e. The average Bonchev–Trinajstić information content (AvgIpc) is 2.50. The van der Waals surface area contributed by atoms with Crippen LogP contribution in [0.5, 0.6) is 0 Å². The summed E-state index contributed by atoms with van der Waals surface area (Å²) in [6.45, 7) is 0. The zero-order valence-electron chi connectivity index (χ0n) is 6.11. The highest BCUT2D eigenvalue weighted by Gasteiger charge is 2.25. The van der Waals surface area contributed by atoms with Crippen LogP contribution < -0.4 is 5.32 Å². The molecule has 1 atom stereocenters. The normalized spacial score (nSPS) is 25.2. The molecule has 0 radical (unpaired) electrons. The molecule has 0 aromatic heterocycles. The molecule has 4 heteroatoms. The number of hydrogen-bond acceptors (Lipinski definition) is 3. The monoisotopic (exact) mass is 159 g/mol. The molecule has 4 nitrogen and oxygen atoms in total. The number of nitrogens with one attached hydrogen (secondary N) is 1. The molecule has 0 aromatic rings. The van der Waals surface area contributed by atoms with Gasteiger partial charge in [0, 0.05) is 17.9 Å². The molecule has 0 spiro atoms. The predicted molar refractivity (Wildman–Crippen MR) is 42.2 cm³/mol. The summed E-state index contributed by atoms with van der Waals surface area (Å²) >= 11 is 0. The molecule has 2 rings (SSSR count). The van der Waals surface area contributed by atoms with Crippen molar-refractivity contribution in [3.05, 3.63) is 23.3 Å². The largest absolute Gasteiger partial charge is 0.327 e. The minimum atomic E-state index is -0.336. The second-order valence-corrected chi connectivity index (χ2v) is 2.50. The van der Waals surface area contributed by atoms with Crippen molar-refractivity contribution in [3.63, 3.8) is 0 Å². The van der Waals surface area contributed by atoms with E-state index in [1.165, 1.54) is 6.08 Å². The molecule has 2 aliphatic heterocycles. The topological polar surface area (TPSA) is 65.2 Å². The van der Waals surface area contributed by atoms with Crippen molar-refractivity contribution >= 4 is 12.1 Å². The Kier molecular flexibility index (Phi) is 1.31. The van der Waals surface area contributed by atoms with Crippen molar-refractivity contribution in [1.82, 2.24) is 5.32 Å². The van der Waals surface area contributed by atoms with Crippen LogP contribution in [0.25, 0.3) is 0 Å². The van der Waals surface area contributed by atoms with Crippen LogP contribution in [0.4, 0.5) is 0 Å². The van der Waals surface area contributed by atoms with E-state index in [0.29, 0.717) is 5.57 Å². The van der Waals surface area contributed by atoms with Crippen molar-refractivity contribution in [1.29, 1.82) is 5.26 Å². The van der Waals surface area contributed by atoms with E-state index in [1.807, 2.05) is 6.07 Å². The molecule has 0 fully saturated rings. The number of carbonyl (C=O) groups is 1. The average molecular weight is 159 g/mol. The Morgan fingerprint density at radius 1 is 1.67 bits per heavy atom. The van der Waals surface area contributed by atoms with Gasteiger partial charge < -0.3 is 5.32 Å². The first kappa shape index (κ1) is 6.80. The van der Waals surface area contributed by atoms with E-state index in [1.54, 1.807) is 12.3 Å². The number of aliphatic imine (C=N–C) groups is 1. The highest BCUT2D eigenvalue weighted by Crippen LogP contribution is 2.21. The molecular weight excluding hydrogens is 154 g/mol. The van der Waals surface area contributed by atoms with Gasteiger partial charge in [-0.3, -0.25) is 9.79 Å². The molecule has 0 saturated heterocycles. The highest BCUT2D eigenvalue weighted by molar-refractivity contribution is 5.95. The van der Waals surface area contributed by atoms with E-state index in [9.17, 15) is 4.79 Å². The van der Waals surface area contributed by atoms with Crippen LogP contribution in [0.3, 0.4) is 0 Å². The quantitative estimate of drug-likeness (QED) is 0.536. The van der Waals surface area contributed by atoms with Crippen molar-refractivity contribution in [2.45, 2.75) is 6.17 Å². The summed E-state index contributed by atoms with van der Waals surface area (Å²) in [5, 5.41) is 11.3. The lowest BCUT2D eigenvalue weighted by atomic mass is 10.0. The lowest BCUT2D eigenvalue weighted by molar-refractivity contribution is -0.117. The molecule has 2 aliphatic rings. The summed E-state index contributed by atoms with van der Waals surface area (Å²) in [5.74, 6) is -0.257. The fourth-order valence-corrected chi connectivity index (χ4v) is 1.22. The first-order valence-electron chi connectivity index (χ1n) is 3.47. The van der Waals surface area contributed by atoms with Gasteiger partial charge in [-0.1, -0.05) is 0 Å². The van der Waals surface area contributed by atoms with E-state index in [4.69, 9.17) is 5.26 Å². The third kappa shape index (κ3) is 0.839. The summed E-state index contributed by atoms with van der Waals surface area (Å²) in [5.41, 5.74) is 1.18. The lowest BCUT2D eigenvalue weighted by Crippen LogP contribution is -2.36. The molecule has 0 aliphatic carbocycles. The number of fused-ring (bicyclic) bond motifs is 1. The van der Waals surface area contributed by atoms with E-state index >= 15 is 0 Å². The zero-order valence-corrected chi connectivity index (χ0v) is 6.11. The Morgan fingerprint density at radius 2 is 2.50 bits per heavy atom. The maximum absolute atomic E-state index is 10.9. The second kappa shape index (κ2) is 2.31. The Labute approximate surface area is 68.9 Å². The van der Waals surface area contributed by atoms with E-state index in [2.05, 4.69) is 10.3 Å². The Morgan fingerprint density at radius 3 is 3.25 bits per heavy atom. The number of allylic oxidation sites excluding steroid dienone is 1. The van der Waals surface area contributed by atoms with Crippen LogP contribution in [-0.2, 0) is 4.79 Å². The number of hydrogen-bond donors (Lipinski definition) is 1. The Balaban J connectivity index is 2.46. The van der Waals surface area contributed by atoms with Crippen LogP contribution in [0.1, 0.15) is 0 Å². The minimum absolute atomic E-state index is 0.257. The number of carbonyl (C=O) groups excluding carboxylic acids is 1. The number of rotatable bonds is 0. The number of amides is 1. The fourth-order valence-electron chi connectivity index (χ4n) is 1.22. The molecule has 1 amide bonds. The second-order valence-electron chi connectivity index (χ2n) is 2.50. The molecule has 1 N–H and O–H groups in total. The SMILES string of the molecule is N#CC1=CC(=O)NC2N=CC=C12. The molecule has 0 saturated carbocycles. The van der Waals surface area contributed by atoms with Gasteiger partial charge in [0.1, 0.15) is 6.17 Å². The van der Waals surface area contributed by atoms with E-state index < -0.39 is 0 Å². The van der Waals surface area contributed by atoms with Crippen LogP contribution in [0, 0.1) is 11.3 Å². The van der Waals surface area contributed by atoms with Crippen molar-refractivity contribution in [3.8, 4) is 6.07 Å². The predicted octanol–water partition coefficient (Wildman–Crippen LogP) is -0.0969. The van der Waals surface area contributed by atoms with Gasteiger partial charge >= 0.3 is 0 Å². The van der Waals surface area contributed by atoms with Crippen LogP contribution in [-0.4, -0.2) is 18.3 Å². The Bertz CT molecular complexity index is 370. The van der Waals surface area contributed by atoms with Crippen molar-refractivity contribution in [2.75, 3.05) is 0 Å². The molecule has 12 heavy (non-hydrogen) atoms. The number of nitrogens with zero attached hydrogens (tertiary/aromatic N) is 2. The van der Waals surface area contributed by atoms with Gasteiger partial charge in [-0.15, -0.1) is 0 Å². The third-order valence-corrected chi connectivity index (χ3v) is 1.77. The lowest BCUT2D eigenvalue weighted by Gasteiger charge is -2.17. The first-order valence-corrected chi connectivity index (χ1v) is 3.47. The van der Waals surface area contributed by atoms with E-state index in [0.717, 1.165) is 5.57 Å². The van der Waals surface area contributed by atoms with Crippen LogP contribution in [0.15, 0.2) is 28.3 Å². The van der Waals surface area contributed by atoms with Crippen LogP contribution in [0.2, 0.25) is 0 Å². The molecule has 0 aromatic carbocycles. The van der Waals surface area contributed by atoms with Gasteiger partial charge in [-0.2, -0.15) is 5.26 Å². The van der Waals surface area contributed by atoms with Gasteiger partial charge in [0.25, 0.3) is 0 Å². The van der Waals surface area contributed by atoms with Gasteiger partial charge in [-0.25, -0.2) is 0 Å². The molecule has 0 bridgehead atoms. The van der Waals surface area contributed by atoms with Crippen LogP contribution >= 0.6 is 0 Å². The maximum Gasteiger partial charge on any atom is 0.247 e. The smallest absolute Gasteiger partial charge is 0.247 e. The maximum atomic E-state index is 10.9. The standard InChI is InChI=1S/C8H5N3O/c9-4-5-3-7(12)11-8-6(5)1-2-10-8/h1-3,8H,(H,11,12). The van der Waals surface area contributed by atoms with Gasteiger partial charge in [0.2, 0.25) is 5.91 Å². The van der Waals surface area contributed by atoms with E-state index in [-0.39, 0.29) is 12.1 Å². The highest BCUT2D eigenvalue weighted by atomic mass is 16.1. The van der Waals surface area contributed by atoms with Crippen molar-refractivity contribution in [2.24, 2.45) is 4.99 Å². The molecule has 58 valence electrons.